The zero-order valence-corrected chi connectivity index (χ0v) is 17.3. The summed E-state index contributed by atoms with van der Waals surface area (Å²) in [5, 5.41) is 0.432. The van der Waals surface area contributed by atoms with Crippen molar-refractivity contribution in [2.75, 3.05) is 7.11 Å². The fraction of sp³-hybridized carbons (Fsp3) is 0.150. The van der Waals surface area contributed by atoms with Crippen molar-refractivity contribution in [3.63, 3.8) is 0 Å². The Morgan fingerprint density at radius 3 is 2.75 bits per heavy atom. The lowest BCUT2D eigenvalue weighted by Crippen LogP contribution is -2.07. The number of ether oxygens (including phenoxy) is 3. The first kappa shape index (κ1) is 20.1. The predicted molar refractivity (Wildman–Crippen MR) is 109 cm³/mol. The number of cyclic esters (lactones) is 1. The minimum absolute atomic E-state index is 0.113. The van der Waals surface area contributed by atoms with Crippen molar-refractivity contribution in [3.8, 4) is 11.5 Å². The van der Waals surface area contributed by atoms with Gasteiger partial charge in [-0.25, -0.2) is 9.79 Å². The van der Waals surface area contributed by atoms with Gasteiger partial charge in [0.05, 0.1) is 22.2 Å². The van der Waals surface area contributed by atoms with Crippen molar-refractivity contribution < 1.29 is 23.8 Å². The molecule has 0 atom stereocenters. The van der Waals surface area contributed by atoms with Crippen molar-refractivity contribution in [2.45, 2.75) is 13.3 Å². The van der Waals surface area contributed by atoms with E-state index in [1.807, 2.05) is 0 Å². The Morgan fingerprint density at radius 2 is 2.07 bits per heavy atom. The third kappa shape index (κ3) is 4.26. The van der Waals surface area contributed by atoms with Crippen LogP contribution in [0.5, 0.6) is 11.5 Å². The number of esters is 2. The highest BCUT2D eigenvalue weighted by atomic mass is 79.9. The van der Waals surface area contributed by atoms with Crippen molar-refractivity contribution in [2.24, 2.45) is 4.99 Å². The maximum Gasteiger partial charge on any atom is 0.363 e. The molecule has 1 aliphatic rings. The number of hydrogen-bond acceptors (Lipinski definition) is 6. The third-order valence-corrected chi connectivity index (χ3v) is 4.70. The monoisotopic (exact) mass is 463 g/mol. The molecule has 3 rings (SSSR count). The van der Waals surface area contributed by atoms with E-state index < -0.39 is 11.9 Å². The van der Waals surface area contributed by atoms with Gasteiger partial charge in [0.1, 0.15) is 0 Å². The van der Waals surface area contributed by atoms with Gasteiger partial charge >= 0.3 is 11.9 Å². The second-order valence-electron chi connectivity index (χ2n) is 5.68. The summed E-state index contributed by atoms with van der Waals surface area (Å²) in [6, 6.07) is 10.3. The summed E-state index contributed by atoms with van der Waals surface area (Å²) >= 11 is 9.50. The highest BCUT2D eigenvalue weighted by Gasteiger charge is 2.26. The van der Waals surface area contributed by atoms with Crippen molar-refractivity contribution in [3.05, 3.63) is 62.7 Å². The van der Waals surface area contributed by atoms with E-state index in [0.29, 0.717) is 26.4 Å². The van der Waals surface area contributed by atoms with Gasteiger partial charge in [0.25, 0.3) is 0 Å². The van der Waals surface area contributed by atoms with Crippen LogP contribution in [0.4, 0.5) is 0 Å². The molecule has 0 unspecified atom stereocenters. The van der Waals surface area contributed by atoms with Gasteiger partial charge in [0.2, 0.25) is 5.90 Å². The van der Waals surface area contributed by atoms with Crippen molar-refractivity contribution >= 4 is 51.4 Å². The summed E-state index contributed by atoms with van der Waals surface area (Å²) in [4.78, 5) is 28.1. The van der Waals surface area contributed by atoms with Crippen molar-refractivity contribution in [1.82, 2.24) is 0 Å². The number of rotatable bonds is 5. The average Bonchev–Trinajstić information content (AvgIpc) is 3.03. The van der Waals surface area contributed by atoms with Crippen LogP contribution >= 0.6 is 27.5 Å². The van der Waals surface area contributed by atoms with E-state index in [1.165, 1.54) is 7.11 Å². The Morgan fingerprint density at radius 1 is 1.32 bits per heavy atom. The Bertz CT molecular complexity index is 1020. The maximum absolute atomic E-state index is 12.2. The zero-order valence-electron chi connectivity index (χ0n) is 15.0. The summed E-state index contributed by atoms with van der Waals surface area (Å²) in [6.45, 7) is 1.70. The standard InChI is InChI=1S/C20H15BrClNO5/c1-3-17(24)27-18-13(21)8-11(10-16(18)26-2)9-15-20(25)28-19(23-15)12-6-4-5-7-14(12)22/h4-10H,3H2,1-2H3/b15-9-. The lowest BCUT2D eigenvalue weighted by molar-refractivity contribution is -0.134. The van der Waals surface area contributed by atoms with E-state index in [9.17, 15) is 9.59 Å². The predicted octanol–water partition coefficient (Wildman–Crippen LogP) is 4.77. The summed E-state index contributed by atoms with van der Waals surface area (Å²) < 4.78 is 16.3. The maximum atomic E-state index is 12.2. The van der Waals surface area contributed by atoms with Crippen LogP contribution < -0.4 is 9.47 Å². The molecule has 28 heavy (non-hydrogen) atoms. The second-order valence-corrected chi connectivity index (χ2v) is 6.94. The highest BCUT2D eigenvalue weighted by Crippen LogP contribution is 2.38. The number of carbonyl (C=O) groups is 2. The third-order valence-electron chi connectivity index (χ3n) is 3.78. The molecule has 0 N–H and O–H groups in total. The van der Waals surface area contributed by atoms with Crippen LogP contribution in [-0.2, 0) is 14.3 Å². The molecular weight excluding hydrogens is 450 g/mol. The summed E-state index contributed by atoms with van der Waals surface area (Å²) in [7, 11) is 1.46. The molecule has 0 saturated carbocycles. The number of hydrogen-bond donors (Lipinski definition) is 0. The molecular formula is C20H15BrClNO5. The van der Waals surface area contributed by atoms with Crippen molar-refractivity contribution in [1.29, 1.82) is 0 Å². The number of aliphatic imine (C=N–C) groups is 1. The Balaban J connectivity index is 1.97. The minimum Gasteiger partial charge on any atom is -0.493 e. The van der Waals surface area contributed by atoms with E-state index in [4.69, 9.17) is 25.8 Å². The number of benzene rings is 2. The highest BCUT2D eigenvalue weighted by molar-refractivity contribution is 9.10. The van der Waals surface area contributed by atoms with Gasteiger partial charge in [-0.1, -0.05) is 30.7 Å². The van der Waals surface area contributed by atoms with Gasteiger partial charge in [-0.05, 0) is 51.8 Å². The number of nitrogens with zero attached hydrogens (tertiary/aromatic N) is 1. The molecule has 2 aromatic carbocycles. The number of carbonyl (C=O) groups excluding carboxylic acids is 2. The van der Waals surface area contributed by atoms with Crippen LogP contribution in [0.1, 0.15) is 24.5 Å². The fourth-order valence-electron chi connectivity index (χ4n) is 2.43. The zero-order chi connectivity index (χ0) is 20.3. The summed E-state index contributed by atoms with van der Waals surface area (Å²) in [5.41, 5.74) is 1.25. The van der Waals surface area contributed by atoms with E-state index in [-0.39, 0.29) is 23.8 Å². The van der Waals surface area contributed by atoms with Crippen LogP contribution in [-0.4, -0.2) is 24.9 Å². The Kier molecular flexibility index (Phi) is 6.16. The molecule has 0 saturated heterocycles. The molecule has 144 valence electrons. The number of methoxy groups -OCH3 is 1. The fourth-order valence-corrected chi connectivity index (χ4v) is 3.18. The molecule has 0 amide bonds. The molecule has 0 bridgehead atoms. The summed E-state index contributed by atoms with van der Waals surface area (Å²) in [6.07, 6.45) is 1.78. The lowest BCUT2D eigenvalue weighted by Gasteiger charge is -2.11. The molecule has 0 aromatic heterocycles. The van der Waals surface area contributed by atoms with Gasteiger partial charge < -0.3 is 14.2 Å². The largest absolute Gasteiger partial charge is 0.493 e. The number of halogens is 2. The van der Waals surface area contributed by atoms with Gasteiger partial charge in [-0.2, -0.15) is 0 Å². The molecule has 1 aliphatic heterocycles. The van der Waals surface area contributed by atoms with Crippen LogP contribution in [0.15, 0.2) is 51.6 Å². The molecule has 2 aromatic rings. The summed E-state index contributed by atoms with van der Waals surface area (Å²) in [5.74, 6) is -0.234. The minimum atomic E-state index is -0.591. The Labute approximate surface area is 174 Å². The van der Waals surface area contributed by atoms with E-state index >= 15 is 0 Å². The van der Waals surface area contributed by atoms with Gasteiger partial charge in [-0.3, -0.25) is 4.79 Å². The molecule has 8 heteroatoms. The smallest absolute Gasteiger partial charge is 0.363 e. The molecule has 0 radical (unpaired) electrons. The van der Waals surface area contributed by atoms with Crippen LogP contribution in [0, 0.1) is 0 Å². The molecule has 1 heterocycles. The molecule has 6 nitrogen and oxygen atoms in total. The van der Waals surface area contributed by atoms with Gasteiger partial charge in [-0.15, -0.1) is 0 Å². The van der Waals surface area contributed by atoms with Crippen LogP contribution in [0.2, 0.25) is 5.02 Å². The van der Waals surface area contributed by atoms with Crippen LogP contribution in [0.3, 0.4) is 0 Å². The van der Waals surface area contributed by atoms with E-state index in [1.54, 1.807) is 49.4 Å². The molecule has 0 fully saturated rings. The second kappa shape index (κ2) is 8.58. The Hall–Kier alpha value is -2.64. The first-order valence-corrected chi connectivity index (χ1v) is 9.45. The lowest BCUT2D eigenvalue weighted by atomic mass is 10.1. The first-order chi connectivity index (χ1) is 13.4. The average molecular weight is 465 g/mol. The van der Waals surface area contributed by atoms with Crippen LogP contribution in [0.25, 0.3) is 6.08 Å². The quantitative estimate of drug-likeness (QED) is 0.362. The SMILES string of the molecule is CCC(=O)Oc1c(Br)cc(/C=C2\N=C(c3ccccc3Cl)OC2=O)cc1OC. The first-order valence-electron chi connectivity index (χ1n) is 8.28. The normalized spacial score (nSPS) is 14.6. The molecule has 0 spiro atoms. The topological polar surface area (TPSA) is 74.2 Å². The van der Waals surface area contributed by atoms with E-state index in [2.05, 4.69) is 20.9 Å². The van der Waals surface area contributed by atoms with Gasteiger partial charge in [0.15, 0.2) is 17.2 Å². The van der Waals surface area contributed by atoms with E-state index in [0.717, 1.165) is 0 Å². The molecule has 0 aliphatic carbocycles. The van der Waals surface area contributed by atoms with Gasteiger partial charge in [0, 0.05) is 6.42 Å².